The zero-order valence-electron chi connectivity index (χ0n) is 51.5. The smallest absolute Gasteiger partial charge is 0.306 e. The highest BCUT2D eigenvalue weighted by Crippen LogP contribution is 2.17. The Morgan fingerprint density at radius 3 is 0.753 bits per heavy atom. The van der Waals surface area contributed by atoms with Gasteiger partial charge in [-0.15, -0.1) is 0 Å². The number of ether oxygens (including phenoxy) is 3. The maximum Gasteiger partial charge on any atom is 0.306 e. The van der Waals surface area contributed by atoms with E-state index in [-0.39, 0.29) is 31.1 Å². The Kier molecular flexibility index (Phi) is 63.2. The lowest BCUT2D eigenvalue weighted by Crippen LogP contribution is -2.30. The van der Waals surface area contributed by atoms with Gasteiger partial charge in [0.25, 0.3) is 0 Å². The van der Waals surface area contributed by atoms with Crippen molar-refractivity contribution in [2.45, 2.75) is 361 Å². The lowest BCUT2D eigenvalue weighted by Gasteiger charge is -2.18. The maximum atomic E-state index is 12.9. The van der Waals surface area contributed by atoms with Crippen LogP contribution in [0.1, 0.15) is 355 Å². The van der Waals surface area contributed by atoms with Crippen LogP contribution >= 0.6 is 0 Å². The Morgan fingerprint density at radius 1 is 0.260 bits per heavy atom. The molecule has 6 nitrogen and oxygen atoms in total. The number of carbonyl (C=O) groups excluding carboxylic acids is 3. The average molecular weight is 1080 g/mol. The van der Waals surface area contributed by atoms with Crippen LogP contribution < -0.4 is 0 Å². The molecule has 0 aromatic heterocycles. The van der Waals surface area contributed by atoms with Gasteiger partial charge in [-0.05, 0) is 109 Å². The summed E-state index contributed by atoms with van der Waals surface area (Å²) in [6, 6.07) is 0. The second-order valence-electron chi connectivity index (χ2n) is 22.7. The van der Waals surface area contributed by atoms with Crippen molar-refractivity contribution in [3.8, 4) is 0 Å². The van der Waals surface area contributed by atoms with Gasteiger partial charge in [0, 0.05) is 19.3 Å². The molecular weight excluding hydrogens is 949 g/mol. The second kappa shape index (κ2) is 65.6. The minimum Gasteiger partial charge on any atom is -0.462 e. The first-order valence-corrected chi connectivity index (χ1v) is 33.8. The van der Waals surface area contributed by atoms with E-state index in [2.05, 4.69) is 81.5 Å². The van der Waals surface area contributed by atoms with Gasteiger partial charge < -0.3 is 14.2 Å². The van der Waals surface area contributed by atoms with Gasteiger partial charge in [-0.25, -0.2) is 0 Å². The molecule has 1 atom stereocenters. The van der Waals surface area contributed by atoms with E-state index < -0.39 is 6.10 Å². The van der Waals surface area contributed by atoms with E-state index >= 15 is 0 Å². The lowest BCUT2D eigenvalue weighted by molar-refractivity contribution is -0.167. The molecule has 0 aliphatic carbocycles. The summed E-state index contributed by atoms with van der Waals surface area (Å²) in [5, 5.41) is 0. The highest BCUT2D eigenvalue weighted by atomic mass is 16.6. The Hall–Kier alpha value is -2.89. The minimum absolute atomic E-state index is 0.0796. The number of carbonyl (C=O) groups is 3. The minimum atomic E-state index is -0.785. The van der Waals surface area contributed by atoms with E-state index in [0.717, 1.165) is 89.9 Å². The van der Waals surface area contributed by atoms with Crippen LogP contribution in [-0.4, -0.2) is 37.2 Å². The van der Waals surface area contributed by atoms with Crippen molar-refractivity contribution in [1.82, 2.24) is 0 Å². The number of hydrogen-bond acceptors (Lipinski definition) is 6. The number of unbranched alkanes of at least 4 members (excludes halogenated alkanes) is 41. The van der Waals surface area contributed by atoms with Gasteiger partial charge in [0.1, 0.15) is 13.2 Å². The first-order valence-electron chi connectivity index (χ1n) is 33.8. The summed E-state index contributed by atoms with van der Waals surface area (Å²) in [6.07, 6.45) is 83.8. The summed E-state index contributed by atoms with van der Waals surface area (Å²) < 4.78 is 16.9. The van der Waals surface area contributed by atoms with Crippen LogP contribution in [0, 0.1) is 0 Å². The Balaban J connectivity index is 4.27. The van der Waals surface area contributed by atoms with Gasteiger partial charge in [-0.3, -0.25) is 14.4 Å². The molecule has 448 valence electrons. The molecule has 6 heteroatoms. The van der Waals surface area contributed by atoms with Crippen LogP contribution in [0.5, 0.6) is 0 Å². The highest BCUT2D eigenvalue weighted by Gasteiger charge is 2.19. The standard InChI is InChI=1S/C71H128O6/c1-4-7-10-13-16-19-22-25-28-30-31-32-33-34-35-36-37-38-39-41-43-46-49-52-55-58-61-64-70(73)76-67-68(66-75-69(72)63-60-57-54-51-48-45-42-27-24-21-18-15-12-9-6-3)77-71(74)65-62-59-56-53-50-47-44-40-29-26-23-20-17-14-11-8-5-2/h17-18,20-21,26-27,29-31,42,68H,4-16,19,22-25,28,32-41,43-67H2,1-3H3/b20-17-,21-18-,29-26-,31-30-,42-27-. The van der Waals surface area contributed by atoms with E-state index in [9.17, 15) is 14.4 Å². The summed E-state index contributed by atoms with van der Waals surface area (Å²) >= 11 is 0. The zero-order chi connectivity index (χ0) is 55.7. The Morgan fingerprint density at radius 2 is 0.468 bits per heavy atom. The molecule has 77 heavy (non-hydrogen) atoms. The first-order chi connectivity index (χ1) is 38.0. The van der Waals surface area contributed by atoms with Crippen molar-refractivity contribution in [3.63, 3.8) is 0 Å². The van der Waals surface area contributed by atoms with Crippen LogP contribution in [0.4, 0.5) is 0 Å². The molecule has 0 saturated heterocycles. The fourth-order valence-corrected chi connectivity index (χ4v) is 9.85. The second-order valence-corrected chi connectivity index (χ2v) is 22.7. The van der Waals surface area contributed by atoms with E-state index in [1.54, 1.807) is 0 Å². The van der Waals surface area contributed by atoms with Crippen LogP contribution in [0.15, 0.2) is 60.8 Å². The molecule has 0 N–H and O–H groups in total. The van der Waals surface area contributed by atoms with Crippen molar-refractivity contribution in [2.75, 3.05) is 13.2 Å². The summed E-state index contributed by atoms with van der Waals surface area (Å²) in [7, 11) is 0. The predicted molar refractivity (Wildman–Crippen MR) is 335 cm³/mol. The molecule has 0 aliphatic heterocycles. The normalized spacial score (nSPS) is 12.4. The quantitative estimate of drug-likeness (QED) is 0.0261. The highest BCUT2D eigenvalue weighted by molar-refractivity contribution is 5.71. The first kappa shape index (κ1) is 74.1. The average Bonchev–Trinajstić information content (AvgIpc) is 3.43. The number of rotatable bonds is 62. The van der Waals surface area contributed by atoms with Gasteiger partial charge in [-0.1, -0.05) is 287 Å². The van der Waals surface area contributed by atoms with E-state index in [1.807, 2.05) is 0 Å². The third-order valence-electron chi connectivity index (χ3n) is 15.0. The molecule has 0 fully saturated rings. The zero-order valence-corrected chi connectivity index (χ0v) is 51.5. The van der Waals surface area contributed by atoms with Gasteiger partial charge in [-0.2, -0.15) is 0 Å². The topological polar surface area (TPSA) is 78.9 Å². The number of allylic oxidation sites excluding steroid dienone is 10. The van der Waals surface area contributed by atoms with Crippen molar-refractivity contribution in [2.24, 2.45) is 0 Å². The molecule has 0 bridgehead atoms. The van der Waals surface area contributed by atoms with Crippen LogP contribution in [0.25, 0.3) is 0 Å². The van der Waals surface area contributed by atoms with Gasteiger partial charge in [0.2, 0.25) is 0 Å². The van der Waals surface area contributed by atoms with Crippen molar-refractivity contribution >= 4 is 17.9 Å². The predicted octanol–water partition coefficient (Wildman–Crippen LogP) is 23.1. The lowest BCUT2D eigenvalue weighted by atomic mass is 10.0. The SMILES string of the molecule is CCCCC/C=C\C/C=C\CCCCCCCCCC(=O)OC(COC(=O)CCCCCCC/C=C\C/C=C\CCCCC)COC(=O)CCCCCCCCCCCCCCCCC/C=C\CCCCCCCCCC. The molecule has 0 amide bonds. The third kappa shape index (κ3) is 63.8. The molecule has 0 saturated carbocycles. The van der Waals surface area contributed by atoms with Crippen molar-refractivity contribution < 1.29 is 28.6 Å². The largest absolute Gasteiger partial charge is 0.462 e. The summed E-state index contributed by atoms with van der Waals surface area (Å²) in [6.45, 7) is 6.62. The molecular formula is C71H128O6. The number of esters is 3. The molecule has 0 rings (SSSR count). The van der Waals surface area contributed by atoms with Gasteiger partial charge in [0.05, 0.1) is 0 Å². The Bertz CT molecular complexity index is 1380. The van der Waals surface area contributed by atoms with Crippen molar-refractivity contribution in [1.29, 1.82) is 0 Å². The molecule has 0 spiro atoms. The molecule has 0 heterocycles. The fourth-order valence-electron chi connectivity index (χ4n) is 9.85. The summed E-state index contributed by atoms with van der Waals surface area (Å²) in [4.78, 5) is 38.4. The van der Waals surface area contributed by atoms with Crippen LogP contribution in [0.3, 0.4) is 0 Å². The van der Waals surface area contributed by atoms with Crippen LogP contribution in [0.2, 0.25) is 0 Å². The Labute approximate surface area is 479 Å². The van der Waals surface area contributed by atoms with E-state index in [0.29, 0.717) is 19.3 Å². The molecule has 0 radical (unpaired) electrons. The van der Waals surface area contributed by atoms with E-state index in [4.69, 9.17) is 14.2 Å². The molecule has 1 unspecified atom stereocenters. The van der Waals surface area contributed by atoms with Crippen molar-refractivity contribution in [3.05, 3.63) is 60.8 Å². The summed E-state index contributed by atoms with van der Waals surface area (Å²) in [5.74, 6) is -0.883. The summed E-state index contributed by atoms with van der Waals surface area (Å²) in [5.41, 5.74) is 0. The maximum absolute atomic E-state index is 12.9. The molecule has 0 aromatic rings. The third-order valence-corrected chi connectivity index (χ3v) is 15.0. The fraction of sp³-hybridized carbons (Fsp3) is 0.817. The monoisotopic (exact) mass is 1080 g/mol. The van der Waals surface area contributed by atoms with Gasteiger partial charge >= 0.3 is 17.9 Å². The van der Waals surface area contributed by atoms with Crippen LogP contribution in [-0.2, 0) is 28.6 Å². The molecule has 0 aromatic carbocycles. The van der Waals surface area contributed by atoms with E-state index in [1.165, 1.54) is 225 Å². The van der Waals surface area contributed by atoms with Gasteiger partial charge in [0.15, 0.2) is 6.10 Å². The number of hydrogen-bond donors (Lipinski definition) is 0. The molecule has 0 aliphatic rings.